The van der Waals surface area contributed by atoms with E-state index >= 15 is 0 Å². The third kappa shape index (κ3) is 1.80. The summed E-state index contributed by atoms with van der Waals surface area (Å²) in [4.78, 5) is 5.13. The van der Waals surface area contributed by atoms with E-state index in [2.05, 4.69) is 30.2 Å². The molecule has 1 nitrogen and oxygen atoms in total. The van der Waals surface area contributed by atoms with Crippen LogP contribution in [0.5, 0.6) is 0 Å². The first-order valence-corrected chi connectivity index (χ1v) is 4.76. The Hall–Kier alpha value is 0.329. The maximum absolute atomic E-state index is 4.27. The molecule has 0 bridgehead atoms. The first-order valence-electron chi connectivity index (χ1n) is 3.05. The summed E-state index contributed by atoms with van der Waals surface area (Å²) < 4.78 is 1.93. The van der Waals surface area contributed by atoms with Crippen molar-refractivity contribution in [3.05, 3.63) is 18.2 Å². The number of thiol groups is 2. The van der Waals surface area contributed by atoms with Gasteiger partial charge in [0.05, 0.1) is 10.2 Å². The van der Waals surface area contributed by atoms with Crippen molar-refractivity contribution >= 4 is 46.8 Å². The topological polar surface area (TPSA) is 12.9 Å². The minimum Gasteiger partial charge on any atom is -0.229 e. The van der Waals surface area contributed by atoms with Gasteiger partial charge < -0.3 is 0 Å². The van der Waals surface area contributed by atoms with Crippen molar-refractivity contribution in [3.8, 4) is 0 Å². The molecule has 1 aromatic heterocycles. The van der Waals surface area contributed by atoms with E-state index in [9.17, 15) is 0 Å². The van der Waals surface area contributed by atoms with Gasteiger partial charge in [-0.15, -0.1) is 36.6 Å². The molecule has 0 N–H and O–H groups in total. The van der Waals surface area contributed by atoms with Crippen molar-refractivity contribution in [2.24, 2.45) is 0 Å². The predicted octanol–water partition coefficient (Wildman–Crippen LogP) is 2.87. The summed E-state index contributed by atoms with van der Waals surface area (Å²) in [5.74, 6) is 0. The molecule has 1 aromatic carbocycles. The van der Waals surface area contributed by atoms with Crippen LogP contribution >= 0.6 is 36.6 Å². The maximum atomic E-state index is 4.27. The number of aromatic nitrogens is 1. The van der Waals surface area contributed by atoms with Crippen LogP contribution in [0.1, 0.15) is 0 Å². The Balaban J connectivity index is 0.000000720. The second kappa shape index (κ2) is 4.03. The number of nitrogens with zero attached hydrogens (tertiary/aromatic N) is 1. The fourth-order valence-electron chi connectivity index (χ4n) is 0.922. The van der Waals surface area contributed by atoms with E-state index in [1.54, 1.807) is 11.3 Å². The van der Waals surface area contributed by atoms with Crippen LogP contribution in [0, 0.1) is 0 Å². The molecule has 0 aliphatic carbocycles. The molecule has 0 saturated carbocycles. The fourth-order valence-corrected chi connectivity index (χ4v) is 2.38. The largest absolute Gasteiger partial charge is 0.229 e. The standard InChI is InChI=1S/C7H5NS3.Cu/c9-4-2-1-3-5-6(4)8-7(10)11-5;/h1-3,9H,(H,8,10);. The zero-order chi connectivity index (χ0) is 7.84. The van der Waals surface area contributed by atoms with Gasteiger partial charge in [0.1, 0.15) is 4.34 Å². The molecule has 0 saturated heterocycles. The van der Waals surface area contributed by atoms with Gasteiger partial charge in [0.2, 0.25) is 0 Å². The van der Waals surface area contributed by atoms with E-state index in [1.165, 1.54) is 0 Å². The molecule has 0 aliphatic rings. The second-order valence-corrected chi connectivity index (χ2v) is 4.36. The van der Waals surface area contributed by atoms with Gasteiger partial charge in [-0.3, -0.25) is 0 Å². The summed E-state index contributed by atoms with van der Waals surface area (Å²) in [7, 11) is 0. The SMILES string of the molecule is Sc1nc2c(S)cccc2s1.[Cu]. The van der Waals surface area contributed by atoms with Crippen molar-refractivity contribution in [2.75, 3.05) is 0 Å². The summed E-state index contributed by atoms with van der Waals surface area (Å²) in [6, 6.07) is 5.92. The van der Waals surface area contributed by atoms with Crippen molar-refractivity contribution in [3.63, 3.8) is 0 Å². The first kappa shape index (κ1) is 10.4. The Labute approximate surface area is 95.9 Å². The molecule has 5 heteroatoms. The molecule has 0 fully saturated rings. The number of thiazole rings is 1. The van der Waals surface area contributed by atoms with Crippen LogP contribution in [0.2, 0.25) is 0 Å². The smallest absolute Gasteiger partial charge is 0.148 e. The monoisotopic (exact) mass is 262 g/mol. The van der Waals surface area contributed by atoms with E-state index < -0.39 is 0 Å². The van der Waals surface area contributed by atoms with Crippen LogP contribution in [-0.4, -0.2) is 4.98 Å². The summed E-state index contributed by atoms with van der Waals surface area (Å²) in [6.45, 7) is 0. The van der Waals surface area contributed by atoms with Crippen LogP contribution in [0.25, 0.3) is 10.2 Å². The number of hydrogen-bond acceptors (Lipinski definition) is 4. The molecule has 0 unspecified atom stereocenters. The van der Waals surface area contributed by atoms with Gasteiger partial charge in [0.15, 0.2) is 0 Å². The first-order chi connectivity index (χ1) is 5.27. The number of benzene rings is 1. The summed E-state index contributed by atoms with van der Waals surface area (Å²) >= 11 is 10.0. The normalized spacial score (nSPS) is 9.83. The minimum atomic E-state index is 0. The van der Waals surface area contributed by atoms with Crippen LogP contribution in [0.3, 0.4) is 0 Å². The van der Waals surface area contributed by atoms with E-state index in [0.717, 1.165) is 19.5 Å². The molecular formula is C7H5CuNS3. The van der Waals surface area contributed by atoms with Gasteiger partial charge in [0.25, 0.3) is 0 Å². The molecule has 0 aliphatic heterocycles. The van der Waals surface area contributed by atoms with Gasteiger partial charge in [-0.2, -0.15) is 0 Å². The van der Waals surface area contributed by atoms with Gasteiger partial charge in [-0.05, 0) is 12.1 Å². The van der Waals surface area contributed by atoms with Crippen molar-refractivity contribution in [2.45, 2.75) is 9.24 Å². The molecule has 1 heterocycles. The van der Waals surface area contributed by atoms with Gasteiger partial charge in [-0.1, -0.05) is 6.07 Å². The zero-order valence-electron chi connectivity index (χ0n) is 5.78. The Kier molecular flexibility index (Phi) is 3.49. The molecule has 0 spiro atoms. The van der Waals surface area contributed by atoms with Crippen molar-refractivity contribution < 1.29 is 17.1 Å². The van der Waals surface area contributed by atoms with E-state index in [-0.39, 0.29) is 17.1 Å². The zero-order valence-corrected chi connectivity index (χ0v) is 9.33. The third-order valence-corrected chi connectivity index (χ3v) is 2.94. The Morgan fingerprint density at radius 3 is 2.67 bits per heavy atom. The van der Waals surface area contributed by atoms with Crippen LogP contribution in [0.15, 0.2) is 27.4 Å². The van der Waals surface area contributed by atoms with E-state index in [1.807, 2.05) is 18.2 Å². The molecule has 67 valence electrons. The number of hydrogen-bond donors (Lipinski definition) is 2. The minimum absolute atomic E-state index is 0. The van der Waals surface area contributed by atoms with Gasteiger partial charge >= 0.3 is 0 Å². The van der Waals surface area contributed by atoms with Crippen molar-refractivity contribution in [1.82, 2.24) is 4.98 Å². The number of para-hydroxylation sites is 1. The molecule has 1 radical (unpaired) electrons. The van der Waals surface area contributed by atoms with E-state index in [0.29, 0.717) is 0 Å². The average molecular weight is 263 g/mol. The molecule has 0 amide bonds. The predicted molar refractivity (Wildman–Crippen MR) is 54.1 cm³/mol. The van der Waals surface area contributed by atoms with Crippen molar-refractivity contribution in [1.29, 1.82) is 0 Å². The van der Waals surface area contributed by atoms with Gasteiger partial charge in [-0.25, -0.2) is 4.98 Å². The molecule has 2 rings (SSSR count). The molecule has 2 aromatic rings. The van der Waals surface area contributed by atoms with Crippen LogP contribution in [0.4, 0.5) is 0 Å². The molecule has 12 heavy (non-hydrogen) atoms. The third-order valence-electron chi connectivity index (χ3n) is 1.39. The number of rotatable bonds is 0. The fraction of sp³-hybridized carbons (Fsp3) is 0. The molecule has 0 atom stereocenters. The number of fused-ring (bicyclic) bond motifs is 1. The van der Waals surface area contributed by atoms with Crippen LogP contribution < -0.4 is 0 Å². The Bertz CT molecular complexity index is 398. The van der Waals surface area contributed by atoms with Crippen LogP contribution in [-0.2, 0) is 17.1 Å². The van der Waals surface area contributed by atoms with Gasteiger partial charge in [0, 0.05) is 22.0 Å². The second-order valence-electron chi connectivity index (χ2n) is 2.12. The Morgan fingerprint density at radius 2 is 2.00 bits per heavy atom. The van der Waals surface area contributed by atoms with E-state index in [4.69, 9.17) is 0 Å². The summed E-state index contributed by atoms with van der Waals surface area (Å²) in [6.07, 6.45) is 0. The quantitative estimate of drug-likeness (QED) is 0.550. The average Bonchev–Trinajstić information content (AvgIpc) is 2.31. The summed E-state index contributed by atoms with van der Waals surface area (Å²) in [5.41, 5.74) is 0.950. The summed E-state index contributed by atoms with van der Waals surface area (Å²) in [5, 5.41) is 0. The Morgan fingerprint density at radius 1 is 1.25 bits per heavy atom. The molecular weight excluding hydrogens is 258 g/mol. The maximum Gasteiger partial charge on any atom is 0.148 e.